The molecule has 1 N–H and O–H groups in total. The molecule has 2 aromatic rings. The predicted octanol–water partition coefficient (Wildman–Crippen LogP) is 3.66. The van der Waals surface area contributed by atoms with Gasteiger partial charge in [-0.3, -0.25) is 0 Å². The Morgan fingerprint density at radius 1 is 1.17 bits per heavy atom. The summed E-state index contributed by atoms with van der Waals surface area (Å²) in [6, 6.07) is 11.6. The van der Waals surface area contributed by atoms with Crippen LogP contribution in [0.1, 0.15) is 11.3 Å². The summed E-state index contributed by atoms with van der Waals surface area (Å²) in [5.41, 5.74) is 2.17. The molecule has 0 aliphatic rings. The van der Waals surface area contributed by atoms with Crippen molar-refractivity contribution < 1.29 is 4.74 Å². The summed E-state index contributed by atoms with van der Waals surface area (Å²) in [6.45, 7) is 2.80. The van der Waals surface area contributed by atoms with Gasteiger partial charge in [0.25, 0.3) is 0 Å². The topological polar surface area (TPSA) is 34.1 Å². The van der Waals surface area contributed by atoms with E-state index in [4.69, 9.17) is 4.74 Å². The van der Waals surface area contributed by atoms with Gasteiger partial charge in [-0.2, -0.15) is 0 Å². The molecule has 0 bridgehead atoms. The average molecular weight is 307 g/mol. The number of aryl methyl sites for hydroxylation is 1. The van der Waals surface area contributed by atoms with Gasteiger partial charge in [-0.1, -0.05) is 22.0 Å². The Morgan fingerprint density at radius 3 is 2.50 bits per heavy atom. The highest BCUT2D eigenvalue weighted by atomic mass is 79.9. The van der Waals surface area contributed by atoms with Gasteiger partial charge in [0.1, 0.15) is 5.75 Å². The van der Waals surface area contributed by atoms with Crippen molar-refractivity contribution in [3.8, 4) is 11.6 Å². The van der Waals surface area contributed by atoms with E-state index in [0.29, 0.717) is 5.88 Å². The van der Waals surface area contributed by atoms with Gasteiger partial charge >= 0.3 is 0 Å². The van der Waals surface area contributed by atoms with Crippen LogP contribution in [0.5, 0.6) is 11.6 Å². The summed E-state index contributed by atoms with van der Waals surface area (Å²) in [5, 5.41) is 3.11. The lowest BCUT2D eigenvalue weighted by atomic mass is 10.2. The van der Waals surface area contributed by atoms with E-state index in [0.717, 1.165) is 22.5 Å². The molecule has 94 valence electrons. The SMILES string of the molecule is CNCc1ccc(Oc2ccc(Br)cc2)nc1C. The number of hydrogen-bond acceptors (Lipinski definition) is 3. The normalized spacial score (nSPS) is 10.4. The number of hydrogen-bond donors (Lipinski definition) is 1. The predicted molar refractivity (Wildman–Crippen MR) is 76.0 cm³/mol. The van der Waals surface area contributed by atoms with E-state index in [2.05, 4.69) is 26.2 Å². The molecule has 1 aromatic carbocycles. The van der Waals surface area contributed by atoms with Crippen LogP contribution in [0.25, 0.3) is 0 Å². The fraction of sp³-hybridized carbons (Fsp3) is 0.214. The lowest BCUT2D eigenvalue weighted by molar-refractivity contribution is 0.461. The molecule has 0 unspecified atom stereocenters. The summed E-state index contributed by atoms with van der Waals surface area (Å²) < 4.78 is 6.73. The molecule has 0 aliphatic carbocycles. The second kappa shape index (κ2) is 5.98. The third-order valence-electron chi connectivity index (χ3n) is 2.57. The molecule has 0 saturated heterocycles. The zero-order valence-corrected chi connectivity index (χ0v) is 12.0. The van der Waals surface area contributed by atoms with Crippen LogP contribution in [0.15, 0.2) is 40.9 Å². The molecule has 0 fully saturated rings. The largest absolute Gasteiger partial charge is 0.439 e. The lowest BCUT2D eigenvalue weighted by Gasteiger charge is -2.08. The van der Waals surface area contributed by atoms with Crippen LogP contribution in [0.3, 0.4) is 0 Å². The third-order valence-corrected chi connectivity index (χ3v) is 3.10. The average Bonchev–Trinajstić information content (AvgIpc) is 2.36. The Morgan fingerprint density at radius 2 is 1.89 bits per heavy atom. The van der Waals surface area contributed by atoms with E-state index in [9.17, 15) is 0 Å². The van der Waals surface area contributed by atoms with Crippen molar-refractivity contribution in [3.05, 3.63) is 52.1 Å². The highest BCUT2D eigenvalue weighted by Gasteiger charge is 2.03. The first-order valence-electron chi connectivity index (χ1n) is 5.73. The van der Waals surface area contributed by atoms with Crippen molar-refractivity contribution in [1.29, 1.82) is 0 Å². The van der Waals surface area contributed by atoms with Crippen molar-refractivity contribution >= 4 is 15.9 Å². The molecule has 4 heteroatoms. The van der Waals surface area contributed by atoms with E-state index in [-0.39, 0.29) is 0 Å². The van der Waals surface area contributed by atoms with Crippen LogP contribution in [0, 0.1) is 6.92 Å². The zero-order chi connectivity index (χ0) is 13.0. The van der Waals surface area contributed by atoms with Gasteiger partial charge in [0, 0.05) is 22.8 Å². The Hall–Kier alpha value is -1.39. The molecule has 2 rings (SSSR count). The second-order valence-corrected chi connectivity index (χ2v) is 4.90. The van der Waals surface area contributed by atoms with Crippen LogP contribution >= 0.6 is 15.9 Å². The highest BCUT2D eigenvalue weighted by Crippen LogP contribution is 2.22. The number of halogens is 1. The number of pyridine rings is 1. The number of rotatable bonds is 4. The molecule has 0 radical (unpaired) electrons. The molecular weight excluding hydrogens is 292 g/mol. The molecule has 0 spiro atoms. The summed E-state index contributed by atoms with van der Waals surface area (Å²) in [7, 11) is 1.92. The maximum atomic E-state index is 5.69. The number of ether oxygens (including phenoxy) is 1. The first-order chi connectivity index (χ1) is 8.69. The Balaban J connectivity index is 2.14. The van der Waals surface area contributed by atoms with Crippen molar-refractivity contribution in [2.75, 3.05) is 7.05 Å². The molecule has 1 heterocycles. The summed E-state index contributed by atoms with van der Waals surface area (Å²) in [4.78, 5) is 4.44. The van der Waals surface area contributed by atoms with Gasteiger partial charge in [0.2, 0.25) is 5.88 Å². The lowest BCUT2D eigenvalue weighted by Crippen LogP contribution is -2.07. The van der Waals surface area contributed by atoms with E-state index in [1.165, 1.54) is 5.56 Å². The molecule has 1 aromatic heterocycles. The molecule has 0 saturated carbocycles. The van der Waals surface area contributed by atoms with Gasteiger partial charge < -0.3 is 10.1 Å². The minimum absolute atomic E-state index is 0.620. The van der Waals surface area contributed by atoms with E-state index in [1.807, 2.05) is 50.4 Å². The Bertz CT molecular complexity index is 526. The third kappa shape index (κ3) is 3.31. The van der Waals surface area contributed by atoms with Crippen LogP contribution in [-0.4, -0.2) is 12.0 Å². The summed E-state index contributed by atoms with van der Waals surface area (Å²) in [6.07, 6.45) is 0. The van der Waals surface area contributed by atoms with Gasteiger partial charge in [-0.05, 0) is 43.8 Å². The summed E-state index contributed by atoms with van der Waals surface area (Å²) >= 11 is 3.39. The fourth-order valence-corrected chi connectivity index (χ4v) is 1.89. The number of nitrogens with one attached hydrogen (secondary N) is 1. The van der Waals surface area contributed by atoms with E-state index < -0.39 is 0 Å². The molecular formula is C14H15BrN2O. The van der Waals surface area contributed by atoms with Gasteiger partial charge in [-0.15, -0.1) is 0 Å². The Kier molecular flexibility index (Phi) is 4.33. The highest BCUT2D eigenvalue weighted by molar-refractivity contribution is 9.10. The number of nitrogens with zero attached hydrogens (tertiary/aromatic N) is 1. The molecule has 0 atom stereocenters. The molecule has 18 heavy (non-hydrogen) atoms. The van der Waals surface area contributed by atoms with Crippen LogP contribution in [-0.2, 0) is 6.54 Å². The first kappa shape index (κ1) is 13.1. The standard InChI is InChI=1S/C14H15BrN2O/c1-10-11(9-16-2)3-8-14(17-10)18-13-6-4-12(15)5-7-13/h3-8,16H,9H2,1-2H3. The maximum Gasteiger partial charge on any atom is 0.219 e. The molecule has 0 amide bonds. The van der Waals surface area contributed by atoms with Gasteiger partial charge in [-0.25, -0.2) is 4.98 Å². The van der Waals surface area contributed by atoms with E-state index in [1.54, 1.807) is 0 Å². The van der Waals surface area contributed by atoms with E-state index >= 15 is 0 Å². The Labute approximate surface area is 115 Å². The molecule has 0 aliphatic heterocycles. The fourth-order valence-electron chi connectivity index (χ4n) is 1.62. The van der Waals surface area contributed by atoms with Crippen LogP contribution in [0.2, 0.25) is 0 Å². The monoisotopic (exact) mass is 306 g/mol. The number of benzene rings is 1. The van der Waals surface area contributed by atoms with Crippen molar-refractivity contribution in [2.24, 2.45) is 0 Å². The first-order valence-corrected chi connectivity index (χ1v) is 6.53. The molecule has 3 nitrogen and oxygen atoms in total. The van der Waals surface area contributed by atoms with Crippen LogP contribution in [0.4, 0.5) is 0 Å². The van der Waals surface area contributed by atoms with Gasteiger partial charge in [0.15, 0.2) is 0 Å². The maximum absolute atomic E-state index is 5.69. The zero-order valence-electron chi connectivity index (χ0n) is 10.4. The number of aromatic nitrogens is 1. The minimum atomic E-state index is 0.620. The van der Waals surface area contributed by atoms with Crippen molar-refractivity contribution in [3.63, 3.8) is 0 Å². The second-order valence-electron chi connectivity index (χ2n) is 3.98. The summed E-state index contributed by atoms with van der Waals surface area (Å²) in [5.74, 6) is 1.40. The quantitative estimate of drug-likeness (QED) is 0.936. The van der Waals surface area contributed by atoms with Crippen molar-refractivity contribution in [1.82, 2.24) is 10.3 Å². The van der Waals surface area contributed by atoms with Crippen molar-refractivity contribution in [2.45, 2.75) is 13.5 Å². The van der Waals surface area contributed by atoms with Crippen LogP contribution < -0.4 is 10.1 Å². The van der Waals surface area contributed by atoms with Gasteiger partial charge in [0.05, 0.1) is 0 Å². The smallest absolute Gasteiger partial charge is 0.219 e. The minimum Gasteiger partial charge on any atom is -0.439 e.